The zero-order chi connectivity index (χ0) is 13.0. The van der Waals surface area contributed by atoms with Crippen molar-refractivity contribution in [3.05, 3.63) is 15.8 Å². The van der Waals surface area contributed by atoms with Crippen LogP contribution in [0.15, 0.2) is 6.07 Å². The Kier molecular flexibility index (Phi) is 4.92. The minimum atomic E-state index is -1.05. The molecule has 3 N–H and O–H groups in total. The molecular formula is C11H16O5S. The number of aliphatic hydroxyl groups excluding tert-OH is 2. The van der Waals surface area contributed by atoms with Crippen LogP contribution in [0.2, 0.25) is 0 Å². The molecule has 0 aliphatic carbocycles. The molecule has 6 heteroatoms. The Hall–Kier alpha value is -1.11. The molecule has 1 aromatic rings. The quantitative estimate of drug-likeness (QED) is 0.717. The Bertz CT molecular complexity index is 385. The molecule has 1 heterocycles. The first-order chi connectivity index (χ1) is 7.95. The smallest absolute Gasteiger partial charge is 0.349 e. The van der Waals surface area contributed by atoms with Gasteiger partial charge in [0.15, 0.2) is 4.88 Å². The summed E-state index contributed by atoms with van der Waals surface area (Å²) in [4.78, 5) is 12.0. The van der Waals surface area contributed by atoms with Crippen LogP contribution in [0.4, 0.5) is 0 Å². The van der Waals surface area contributed by atoms with Crippen molar-refractivity contribution in [1.29, 1.82) is 0 Å². The lowest BCUT2D eigenvalue weighted by Gasteiger charge is -2.08. The van der Waals surface area contributed by atoms with Gasteiger partial charge in [-0.05, 0) is 12.0 Å². The number of hydrogen-bond donors (Lipinski definition) is 3. The fourth-order valence-electron chi connectivity index (χ4n) is 1.17. The van der Waals surface area contributed by atoms with Gasteiger partial charge in [-0.1, -0.05) is 13.8 Å². The highest BCUT2D eigenvalue weighted by Gasteiger charge is 2.19. The maximum Gasteiger partial charge on any atom is 0.349 e. The van der Waals surface area contributed by atoms with Crippen LogP contribution in [0.3, 0.4) is 0 Å². The number of carboxylic acids is 1. The molecule has 0 saturated heterocycles. The summed E-state index contributed by atoms with van der Waals surface area (Å²) in [6, 6.07) is 1.67. The van der Waals surface area contributed by atoms with Crippen molar-refractivity contribution < 1.29 is 24.9 Å². The molecule has 0 radical (unpaired) electrons. The second-order valence-electron chi connectivity index (χ2n) is 3.95. The number of thiophene rings is 1. The summed E-state index contributed by atoms with van der Waals surface area (Å²) in [5.41, 5.74) is 0. The van der Waals surface area contributed by atoms with E-state index in [1.54, 1.807) is 6.07 Å². The third-order valence-corrected chi connectivity index (χ3v) is 3.53. The van der Waals surface area contributed by atoms with E-state index < -0.39 is 18.7 Å². The number of hydrogen-bond acceptors (Lipinski definition) is 5. The summed E-state index contributed by atoms with van der Waals surface area (Å²) >= 11 is 1.17. The van der Waals surface area contributed by atoms with Gasteiger partial charge in [0, 0.05) is 4.88 Å². The summed E-state index contributed by atoms with van der Waals surface area (Å²) in [6.45, 7) is 3.39. The van der Waals surface area contributed by atoms with Crippen LogP contribution in [0.25, 0.3) is 0 Å². The molecule has 1 rings (SSSR count). The molecule has 0 saturated carbocycles. The maximum atomic E-state index is 11.0. The molecule has 17 heavy (non-hydrogen) atoms. The standard InChI is InChI=1S/C11H16O5S/c1-6(2)9-3-8(10(17-9)11(14)15)16-5-7(13)4-12/h3,6-7,12-13H,4-5H2,1-2H3,(H,14,15). The lowest BCUT2D eigenvalue weighted by Crippen LogP contribution is -2.21. The van der Waals surface area contributed by atoms with E-state index in [-0.39, 0.29) is 23.2 Å². The Labute approximate surface area is 103 Å². The van der Waals surface area contributed by atoms with Crippen LogP contribution in [0.5, 0.6) is 5.75 Å². The summed E-state index contributed by atoms with van der Waals surface area (Å²) in [5.74, 6) is -0.577. The highest BCUT2D eigenvalue weighted by atomic mass is 32.1. The first-order valence-corrected chi connectivity index (χ1v) is 6.06. The minimum Gasteiger partial charge on any atom is -0.489 e. The maximum absolute atomic E-state index is 11.0. The highest BCUT2D eigenvalue weighted by molar-refractivity contribution is 7.14. The molecule has 0 aliphatic heterocycles. The van der Waals surface area contributed by atoms with E-state index in [1.165, 1.54) is 11.3 Å². The van der Waals surface area contributed by atoms with Gasteiger partial charge in [0.25, 0.3) is 0 Å². The van der Waals surface area contributed by atoms with Crippen molar-refractivity contribution in [3.8, 4) is 5.75 Å². The number of carboxylic acid groups (broad SMARTS) is 1. The van der Waals surface area contributed by atoms with Crippen molar-refractivity contribution in [2.24, 2.45) is 0 Å². The van der Waals surface area contributed by atoms with Gasteiger partial charge in [-0.2, -0.15) is 0 Å². The molecule has 0 aliphatic rings. The molecule has 0 aromatic carbocycles. The second-order valence-corrected chi connectivity index (χ2v) is 5.03. The second kappa shape index (κ2) is 6.00. The Morgan fingerprint density at radius 1 is 1.53 bits per heavy atom. The molecule has 1 atom stereocenters. The van der Waals surface area contributed by atoms with Crippen LogP contribution < -0.4 is 4.74 Å². The van der Waals surface area contributed by atoms with Crippen LogP contribution in [0, 0.1) is 0 Å². The van der Waals surface area contributed by atoms with E-state index in [0.717, 1.165) is 4.88 Å². The number of aliphatic hydroxyl groups is 2. The average Bonchev–Trinajstić information content (AvgIpc) is 2.70. The zero-order valence-corrected chi connectivity index (χ0v) is 10.5. The van der Waals surface area contributed by atoms with Gasteiger partial charge >= 0.3 is 5.97 Å². The third kappa shape index (κ3) is 3.69. The predicted molar refractivity (Wildman–Crippen MR) is 64.0 cm³/mol. The largest absolute Gasteiger partial charge is 0.489 e. The number of rotatable bonds is 6. The van der Waals surface area contributed by atoms with E-state index in [1.807, 2.05) is 13.8 Å². The molecule has 1 aromatic heterocycles. The molecule has 1 unspecified atom stereocenters. The molecular weight excluding hydrogens is 244 g/mol. The number of carbonyl (C=O) groups is 1. The van der Waals surface area contributed by atoms with Crippen molar-refractivity contribution in [2.75, 3.05) is 13.2 Å². The normalized spacial score (nSPS) is 12.8. The summed E-state index contributed by atoms with van der Waals surface area (Å²) in [6.07, 6.45) is -1.00. The van der Waals surface area contributed by atoms with Crippen molar-refractivity contribution in [3.63, 3.8) is 0 Å². The lowest BCUT2D eigenvalue weighted by molar-refractivity contribution is 0.0522. The van der Waals surface area contributed by atoms with Gasteiger partial charge in [-0.15, -0.1) is 11.3 Å². The van der Waals surface area contributed by atoms with Gasteiger partial charge in [-0.3, -0.25) is 0 Å². The van der Waals surface area contributed by atoms with Crippen LogP contribution in [-0.2, 0) is 0 Å². The Balaban J connectivity index is 2.85. The molecule has 5 nitrogen and oxygen atoms in total. The van der Waals surface area contributed by atoms with Gasteiger partial charge in [-0.25, -0.2) is 4.79 Å². The number of ether oxygens (including phenoxy) is 1. The van der Waals surface area contributed by atoms with Crippen LogP contribution in [0.1, 0.15) is 34.3 Å². The average molecular weight is 260 g/mol. The van der Waals surface area contributed by atoms with Crippen molar-refractivity contribution >= 4 is 17.3 Å². The first kappa shape index (κ1) is 14.0. The Morgan fingerprint density at radius 2 is 2.18 bits per heavy atom. The first-order valence-electron chi connectivity index (χ1n) is 5.24. The predicted octanol–water partition coefficient (Wildman–Crippen LogP) is 1.30. The number of aromatic carboxylic acids is 1. The highest BCUT2D eigenvalue weighted by Crippen LogP contribution is 2.33. The minimum absolute atomic E-state index is 0.120. The van der Waals surface area contributed by atoms with Crippen LogP contribution in [-0.4, -0.2) is 40.6 Å². The topological polar surface area (TPSA) is 87.0 Å². The Morgan fingerprint density at radius 3 is 2.65 bits per heavy atom. The molecule has 0 fully saturated rings. The van der Waals surface area contributed by atoms with E-state index in [4.69, 9.17) is 20.1 Å². The zero-order valence-electron chi connectivity index (χ0n) is 9.71. The lowest BCUT2D eigenvalue weighted by atomic mass is 10.2. The summed E-state index contributed by atoms with van der Waals surface area (Å²) in [5, 5.41) is 26.8. The van der Waals surface area contributed by atoms with E-state index in [0.29, 0.717) is 0 Å². The summed E-state index contributed by atoms with van der Waals surface area (Å²) < 4.78 is 5.20. The third-order valence-electron chi connectivity index (χ3n) is 2.12. The molecule has 96 valence electrons. The monoisotopic (exact) mass is 260 g/mol. The van der Waals surface area contributed by atoms with Crippen molar-refractivity contribution in [1.82, 2.24) is 0 Å². The van der Waals surface area contributed by atoms with Crippen molar-refractivity contribution in [2.45, 2.75) is 25.9 Å². The molecule has 0 amide bonds. The van der Waals surface area contributed by atoms with Gasteiger partial charge in [0.2, 0.25) is 0 Å². The molecule has 0 bridgehead atoms. The van der Waals surface area contributed by atoms with Gasteiger partial charge in [0.05, 0.1) is 6.61 Å². The van der Waals surface area contributed by atoms with E-state index >= 15 is 0 Å². The van der Waals surface area contributed by atoms with Gasteiger partial charge < -0.3 is 20.1 Å². The van der Waals surface area contributed by atoms with E-state index in [9.17, 15) is 4.79 Å². The summed E-state index contributed by atoms with van der Waals surface area (Å²) in [7, 11) is 0. The SMILES string of the molecule is CC(C)c1cc(OCC(O)CO)c(C(=O)O)s1. The molecule has 0 spiro atoms. The van der Waals surface area contributed by atoms with Gasteiger partial charge in [0.1, 0.15) is 18.5 Å². The fraction of sp³-hybridized carbons (Fsp3) is 0.545. The van der Waals surface area contributed by atoms with Crippen LogP contribution >= 0.6 is 11.3 Å². The van der Waals surface area contributed by atoms with E-state index in [2.05, 4.69) is 0 Å². The fourth-order valence-corrected chi connectivity index (χ4v) is 2.11.